The molecule has 2 aromatic rings. The summed E-state index contributed by atoms with van der Waals surface area (Å²) in [5.41, 5.74) is 1.67. The summed E-state index contributed by atoms with van der Waals surface area (Å²) in [7, 11) is -3.45. The van der Waals surface area contributed by atoms with E-state index in [1.165, 1.54) is 22.7 Å². The second-order valence-corrected chi connectivity index (χ2v) is 9.13. The van der Waals surface area contributed by atoms with Crippen molar-refractivity contribution in [2.75, 3.05) is 0 Å². The van der Waals surface area contributed by atoms with Gasteiger partial charge in [-0.05, 0) is 41.4 Å². The van der Waals surface area contributed by atoms with Crippen molar-refractivity contribution < 1.29 is 8.42 Å². The van der Waals surface area contributed by atoms with Gasteiger partial charge in [0.15, 0.2) is 0 Å². The summed E-state index contributed by atoms with van der Waals surface area (Å²) < 4.78 is 27.8. The average molecular weight is 367 g/mol. The molecule has 98 valence electrons. The number of thiophene rings is 1. The SMILES string of the molecule is Cc1nc(CNS(=O)(=O)c2cc(C)c(Br)s2)cs1. The molecule has 4 nitrogen and oxygen atoms in total. The van der Waals surface area contributed by atoms with E-state index < -0.39 is 10.0 Å². The molecule has 8 heteroatoms. The molecule has 0 aromatic carbocycles. The van der Waals surface area contributed by atoms with E-state index in [2.05, 4.69) is 25.6 Å². The normalized spacial score (nSPS) is 11.9. The van der Waals surface area contributed by atoms with Crippen molar-refractivity contribution in [2.45, 2.75) is 24.6 Å². The van der Waals surface area contributed by atoms with Crippen molar-refractivity contribution in [3.05, 3.63) is 31.5 Å². The van der Waals surface area contributed by atoms with Crippen LogP contribution in [0.4, 0.5) is 0 Å². The standard InChI is InChI=1S/C10H11BrN2O2S3/c1-6-3-9(17-10(6)11)18(14,15)12-4-8-5-16-7(2)13-8/h3,5,12H,4H2,1-2H3. The Labute approximate surface area is 122 Å². The Hall–Kier alpha value is -0.280. The monoisotopic (exact) mass is 366 g/mol. The Morgan fingerprint density at radius 3 is 2.67 bits per heavy atom. The molecule has 0 atom stereocenters. The number of rotatable bonds is 4. The molecule has 2 heterocycles. The van der Waals surface area contributed by atoms with Gasteiger partial charge >= 0.3 is 0 Å². The van der Waals surface area contributed by atoms with E-state index in [1.54, 1.807) is 6.07 Å². The van der Waals surface area contributed by atoms with Crippen molar-refractivity contribution in [2.24, 2.45) is 0 Å². The largest absolute Gasteiger partial charge is 0.250 e. The van der Waals surface area contributed by atoms with Crippen LogP contribution < -0.4 is 4.72 Å². The van der Waals surface area contributed by atoms with E-state index in [0.717, 1.165) is 20.1 Å². The zero-order valence-electron chi connectivity index (χ0n) is 9.73. The number of aromatic nitrogens is 1. The Morgan fingerprint density at radius 2 is 2.17 bits per heavy atom. The molecule has 0 spiro atoms. The minimum Gasteiger partial charge on any atom is -0.245 e. The van der Waals surface area contributed by atoms with E-state index in [4.69, 9.17) is 0 Å². The van der Waals surface area contributed by atoms with Gasteiger partial charge in [-0.25, -0.2) is 18.1 Å². The molecule has 0 radical (unpaired) electrons. The zero-order valence-corrected chi connectivity index (χ0v) is 13.8. The smallest absolute Gasteiger partial charge is 0.245 e. The third kappa shape index (κ3) is 3.18. The molecular formula is C10H11BrN2O2S3. The van der Waals surface area contributed by atoms with Crippen molar-refractivity contribution in [1.29, 1.82) is 0 Å². The lowest BCUT2D eigenvalue weighted by molar-refractivity contribution is 0.582. The molecule has 0 aliphatic rings. The average Bonchev–Trinajstić information content (AvgIpc) is 2.84. The van der Waals surface area contributed by atoms with Gasteiger partial charge in [-0.15, -0.1) is 22.7 Å². The summed E-state index contributed by atoms with van der Waals surface area (Å²) in [4.78, 5) is 4.22. The fourth-order valence-electron chi connectivity index (χ4n) is 1.29. The van der Waals surface area contributed by atoms with Gasteiger partial charge in [0.2, 0.25) is 10.0 Å². The number of sulfonamides is 1. The van der Waals surface area contributed by atoms with Gasteiger partial charge in [0.1, 0.15) is 4.21 Å². The van der Waals surface area contributed by atoms with Gasteiger partial charge in [-0.2, -0.15) is 0 Å². The Morgan fingerprint density at radius 1 is 1.44 bits per heavy atom. The maximum absolute atomic E-state index is 12.0. The van der Waals surface area contributed by atoms with Crippen LogP contribution in [-0.2, 0) is 16.6 Å². The van der Waals surface area contributed by atoms with Crippen LogP contribution in [0.25, 0.3) is 0 Å². The van der Waals surface area contributed by atoms with Gasteiger partial charge in [-0.1, -0.05) is 0 Å². The number of thiazole rings is 1. The topological polar surface area (TPSA) is 59.1 Å². The highest BCUT2D eigenvalue weighted by Crippen LogP contribution is 2.30. The van der Waals surface area contributed by atoms with Crippen molar-refractivity contribution in [3.8, 4) is 0 Å². The number of nitrogens with one attached hydrogen (secondary N) is 1. The molecular weight excluding hydrogens is 356 g/mol. The molecule has 2 aromatic heterocycles. The molecule has 0 saturated heterocycles. The number of hydrogen-bond donors (Lipinski definition) is 1. The fourth-order valence-corrected chi connectivity index (χ4v) is 5.18. The van der Waals surface area contributed by atoms with Gasteiger partial charge in [0.25, 0.3) is 0 Å². The summed E-state index contributed by atoms with van der Waals surface area (Å²) in [6, 6.07) is 1.66. The molecule has 0 aliphatic heterocycles. The van der Waals surface area contributed by atoms with E-state index in [1.807, 2.05) is 19.2 Å². The van der Waals surface area contributed by atoms with Crippen LogP contribution in [0, 0.1) is 13.8 Å². The minimum absolute atomic E-state index is 0.223. The number of aryl methyl sites for hydroxylation is 2. The lowest BCUT2D eigenvalue weighted by Crippen LogP contribution is -2.22. The molecule has 1 N–H and O–H groups in total. The molecule has 2 rings (SSSR count). The minimum atomic E-state index is -3.45. The first-order chi connectivity index (χ1) is 8.38. The van der Waals surface area contributed by atoms with Gasteiger partial charge < -0.3 is 0 Å². The molecule has 0 aliphatic carbocycles. The van der Waals surface area contributed by atoms with Crippen molar-refractivity contribution >= 4 is 48.6 Å². The van der Waals surface area contributed by atoms with Gasteiger partial charge in [-0.3, -0.25) is 0 Å². The first-order valence-electron chi connectivity index (χ1n) is 5.05. The Balaban J connectivity index is 2.12. The first-order valence-corrected chi connectivity index (χ1v) is 9.02. The highest BCUT2D eigenvalue weighted by molar-refractivity contribution is 9.11. The summed E-state index contributed by atoms with van der Waals surface area (Å²) in [6.45, 7) is 3.98. The van der Waals surface area contributed by atoms with E-state index in [0.29, 0.717) is 4.21 Å². The second-order valence-electron chi connectivity index (χ2n) is 3.70. The Bertz CT molecular complexity index is 641. The van der Waals surface area contributed by atoms with Crippen LogP contribution in [-0.4, -0.2) is 13.4 Å². The lowest BCUT2D eigenvalue weighted by atomic mass is 10.4. The molecule has 18 heavy (non-hydrogen) atoms. The highest BCUT2D eigenvalue weighted by Gasteiger charge is 2.18. The Kier molecular flexibility index (Phi) is 4.22. The van der Waals surface area contributed by atoms with Crippen LogP contribution in [0.15, 0.2) is 19.4 Å². The van der Waals surface area contributed by atoms with Crippen molar-refractivity contribution in [1.82, 2.24) is 9.71 Å². The van der Waals surface area contributed by atoms with E-state index in [-0.39, 0.29) is 6.54 Å². The lowest BCUT2D eigenvalue weighted by Gasteiger charge is -2.02. The number of hydrogen-bond acceptors (Lipinski definition) is 5. The maximum atomic E-state index is 12.0. The van der Waals surface area contributed by atoms with E-state index >= 15 is 0 Å². The number of nitrogens with zero attached hydrogens (tertiary/aromatic N) is 1. The summed E-state index contributed by atoms with van der Waals surface area (Å²) in [5, 5.41) is 2.78. The van der Waals surface area contributed by atoms with Gasteiger partial charge in [0.05, 0.1) is 21.0 Å². The quantitative estimate of drug-likeness (QED) is 0.904. The predicted octanol–water partition coefficient (Wildman–Crippen LogP) is 3.06. The molecule has 0 unspecified atom stereocenters. The fraction of sp³-hybridized carbons (Fsp3) is 0.300. The van der Waals surface area contributed by atoms with Crippen LogP contribution in [0.2, 0.25) is 0 Å². The maximum Gasteiger partial charge on any atom is 0.250 e. The molecule has 0 fully saturated rings. The van der Waals surface area contributed by atoms with Crippen LogP contribution in [0.3, 0.4) is 0 Å². The summed E-state index contributed by atoms with van der Waals surface area (Å²) in [6.07, 6.45) is 0. The third-order valence-corrected chi connectivity index (χ3v) is 7.04. The highest BCUT2D eigenvalue weighted by atomic mass is 79.9. The third-order valence-electron chi connectivity index (χ3n) is 2.21. The summed E-state index contributed by atoms with van der Waals surface area (Å²) in [5.74, 6) is 0. The second kappa shape index (κ2) is 5.38. The zero-order chi connectivity index (χ0) is 13.3. The summed E-state index contributed by atoms with van der Waals surface area (Å²) >= 11 is 6.04. The van der Waals surface area contributed by atoms with Crippen LogP contribution in [0.1, 0.15) is 16.3 Å². The molecule has 0 bridgehead atoms. The van der Waals surface area contributed by atoms with Gasteiger partial charge in [0, 0.05) is 5.38 Å². The molecule has 0 saturated carbocycles. The predicted molar refractivity (Wildman–Crippen MR) is 77.6 cm³/mol. The van der Waals surface area contributed by atoms with E-state index in [9.17, 15) is 8.42 Å². The van der Waals surface area contributed by atoms with Crippen LogP contribution in [0.5, 0.6) is 0 Å². The first kappa shape index (κ1) is 14.1. The molecule has 0 amide bonds. The van der Waals surface area contributed by atoms with Crippen LogP contribution >= 0.6 is 38.6 Å². The van der Waals surface area contributed by atoms with Crippen molar-refractivity contribution in [3.63, 3.8) is 0 Å². The number of halogens is 1.